The molecule has 0 aliphatic carbocycles. The summed E-state index contributed by atoms with van der Waals surface area (Å²) in [5, 5.41) is 0. The third-order valence-corrected chi connectivity index (χ3v) is 2.93. The van der Waals surface area contributed by atoms with Crippen molar-refractivity contribution in [3.63, 3.8) is 0 Å². The maximum atomic E-state index is 2.20. The second-order valence-corrected chi connectivity index (χ2v) is 4.61. The van der Waals surface area contributed by atoms with Crippen molar-refractivity contribution < 1.29 is 57.1 Å². The van der Waals surface area contributed by atoms with Gasteiger partial charge in [0.2, 0.25) is 0 Å². The van der Waals surface area contributed by atoms with Gasteiger partial charge in [-0.05, 0) is 31.4 Å². The van der Waals surface area contributed by atoms with Gasteiger partial charge < -0.3 is 48.0 Å². The van der Waals surface area contributed by atoms with Crippen LogP contribution in [0, 0.1) is 0 Å². The fourth-order valence-electron chi connectivity index (χ4n) is 2.09. The second-order valence-electron chi connectivity index (χ2n) is 4.61. The Morgan fingerprint density at radius 3 is 1.58 bits per heavy atom. The summed E-state index contributed by atoms with van der Waals surface area (Å²) in [6.45, 7) is 0. The van der Waals surface area contributed by atoms with Crippen LogP contribution in [0.2, 0.25) is 0 Å². The lowest BCUT2D eigenvalue weighted by atomic mass is 10.1. The van der Waals surface area contributed by atoms with Crippen LogP contribution in [-0.4, -0.2) is 0 Å². The van der Waals surface area contributed by atoms with E-state index >= 15 is 0 Å². The van der Waals surface area contributed by atoms with E-state index in [1.165, 1.54) is 17.5 Å². The highest BCUT2D eigenvalue weighted by atomic mass is 127. The SMILES string of the molecule is C[n+]1cccc(CCCc2ccc[n+](C)c2)c1.[I-].[I-]. The predicted molar refractivity (Wildman–Crippen MR) is 67.3 cm³/mol. The van der Waals surface area contributed by atoms with Gasteiger partial charge in [-0.1, -0.05) is 0 Å². The molecule has 2 heterocycles. The lowest BCUT2D eigenvalue weighted by Gasteiger charge is -2.00. The maximum Gasteiger partial charge on any atom is 0.171 e. The average molecular weight is 482 g/mol. The number of hydrogen-bond acceptors (Lipinski definition) is 0. The highest BCUT2D eigenvalue weighted by Crippen LogP contribution is 2.05. The fraction of sp³-hybridized carbons (Fsp3) is 0.333. The molecule has 2 aromatic heterocycles. The summed E-state index contributed by atoms with van der Waals surface area (Å²) in [6, 6.07) is 8.62. The Balaban J connectivity index is 0.00000162. The Labute approximate surface area is 149 Å². The smallest absolute Gasteiger partial charge is 0.171 e. The van der Waals surface area contributed by atoms with Crippen LogP contribution >= 0.6 is 0 Å². The molecular weight excluding hydrogens is 462 g/mol. The molecule has 0 N–H and O–H groups in total. The topological polar surface area (TPSA) is 7.76 Å². The van der Waals surface area contributed by atoms with Crippen molar-refractivity contribution in [3.05, 3.63) is 60.2 Å². The van der Waals surface area contributed by atoms with Crippen molar-refractivity contribution in [1.82, 2.24) is 0 Å². The zero-order chi connectivity index (χ0) is 12.1. The Kier molecular flexibility index (Phi) is 9.51. The highest BCUT2D eigenvalue weighted by Gasteiger charge is 2.01. The molecule has 0 bridgehead atoms. The van der Waals surface area contributed by atoms with Gasteiger partial charge in [0.25, 0.3) is 0 Å². The van der Waals surface area contributed by atoms with Crippen molar-refractivity contribution in [3.8, 4) is 0 Å². The van der Waals surface area contributed by atoms with Gasteiger partial charge in [0, 0.05) is 23.3 Å². The van der Waals surface area contributed by atoms with E-state index in [1.807, 2.05) is 0 Å². The summed E-state index contributed by atoms with van der Waals surface area (Å²) in [7, 11) is 4.14. The molecule has 4 heteroatoms. The van der Waals surface area contributed by atoms with E-state index in [0.717, 1.165) is 12.8 Å². The van der Waals surface area contributed by atoms with Crippen LogP contribution in [0.15, 0.2) is 49.1 Å². The first kappa shape index (κ1) is 18.8. The Hall–Kier alpha value is -0.240. The van der Waals surface area contributed by atoms with Crippen molar-refractivity contribution in [2.45, 2.75) is 19.3 Å². The van der Waals surface area contributed by atoms with Gasteiger partial charge in [-0.3, -0.25) is 0 Å². The molecule has 104 valence electrons. The van der Waals surface area contributed by atoms with Crippen LogP contribution in [0.3, 0.4) is 0 Å². The zero-order valence-corrected chi connectivity index (χ0v) is 15.7. The highest BCUT2D eigenvalue weighted by molar-refractivity contribution is 5.08. The Morgan fingerprint density at radius 2 is 1.21 bits per heavy atom. The van der Waals surface area contributed by atoms with Crippen LogP contribution in [0.5, 0.6) is 0 Å². The molecule has 19 heavy (non-hydrogen) atoms. The van der Waals surface area contributed by atoms with Gasteiger partial charge >= 0.3 is 0 Å². The number of rotatable bonds is 4. The standard InChI is InChI=1S/C15H20N2.2HI/c1-16-10-4-8-14(12-16)6-3-7-15-9-5-11-17(2)13-15;;/h4-5,8-13H,3,6-7H2,1-2H3;2*1H/q+2;;/p-2. The van der Waals surface area contributed by atoms with Crippen LogP contribution in [0.1, 0.15) is 17.5 Å². The summed E-state index contributed by atoms with van der Waals surface area (Å²) in [4.78, 5) is 0. The monoisotopic (exact) mass is 482 g/mol. The summed E-state index contributed by atoms with van der Waals surface area (Å²) in [5.41, 5.74) is 2.82. The van der Waals surface area contributed by atoms with E-state index in [4.69, 9.17) is 0 Å². The van der Waals surface area contributed by atoms with Gasteiger partial charge in [-0.15, -0.1) is 0 Å². The van der Waals surface area contributed by atoms with E-state index in [2.05, 4.69) is 72.3 Å². The Morgan fingerprint density at radius 1 is 0.789 bits per heavy atom. The van der Waals surface area contributed by atoms with Crippen molar-refractivity contribution >= 4 is 0 Å². The third-order valence-electron chi connectivity index (χ3n) is 2.93. The molecule has 0 radical (unpaired) electrons. The summed E-state index contributed by atoms with van der Waals surface area (Å²) >= 11 is 0. The molecule has 2 nitrogen and oxygen atoms in total. The van der Waals surface area contributed by atoms with Crippen molar-refractivity contribution in [2.75, 3.05) is 0 Å². The average Bonchev–Trinajstić information content (AvgIpc) is 2.29. The molecule has 0 aromatic carbocycles. The third kappa shape index (κ3) is 6.65. The van der Waals surface area contributed by atoms with Crippen LogP contribution < -0.4 is 57.1 Å². The first-order valence-electron chi connectivity index (χ1n) is 6.12. The van der Waals surface area contributed by atoms with Crippen molar-refractivity contribution in [2.24, 2.45) is 14.1 Å². The molecule has 0 aliphatic heterocycles. The van der Waals surface area contributed by atoms with Gasteiger partial charge in [0.05, 0.1) is 0 Å². The minimum atomic E-state index is 0. The molecule has 2 rings (SSSR count). The normalized spacial score (nSPS) is 9.37. The van der Waals surface area contributed by atoms with E-state index in [9.17, 15) is 0 Å². The predicted octanol–water partition coefficient (Wildman–Crippen LogP) is -4.48. The van der Waals surface area contributed by atoms with E-state index in [1.54, 1.807) is 0 Å². The van der Waals surface area contributed by atoms with Crippen LogP contribution in [0.4, 0.5) is 0 Å². The number of hydrogen-bond donors (Lipinski definition) is 0. The number of nitrogens with zero attached hydrogens (tertiary/aromatic N) is 2. The van der Waals surface area contributed by atoms with E-state index < -0.39 is 0 Å². The van der Waals surface area contributed by atoms with Crippen LogP contribution in [0.25, 0.3) is 0 Å². The molecule has 0 amide bonds. The van der Waals surface area contributed by atoms with Gasteiger partial charge in [0.15, 0.2) is 24.8 Å². The lowest BCUT2D eigenvalue weighted by molar-refractivity contribution is -0.671. The summed E-state index contributed by atoms with van der Waals surface area (Å²) < 4.78 is 4.22. The molecule has 0 fully saturated rings. The number of pyridine rings is 2. The minimum absolute atomic E-state index is 0. The minimum Gasteiger partial charge on any atom is -1.00 e. The van der Waals surface area contributed by atoms with Crippen LogP contribution in [-0.2, 0) is 26.9 Å². The van der Waals surface area contributed by atoms with Gasteiger partial charge in [-0.2, -0.15) is 0 Å². The molecular formula is C15H20I2N2. The zero-order valence-electron chi connectivity index (χ0n) is 11.4. The fourth-order valence-corrected chi connectivity index (χ4v) is 2.09. The molecule has 0 saturated carbocycles. The summed E-state index contributed by atoms with van der Waals surface area (Å²) in [5.74, 6) is 0. The molecule has 2 aromatic rings. The first-order chi connectivity index (χ1) is 8.24. The number of halogens is 2. The molecule has 0 saturated heterocycles. The quantitative estimate of drug-likeness (QED) is 0.307. The number of aryl methyl sites for hydroxylation is 4. The lowest BCUT2D eigenvalue weighted by Crippen LogP contribution is -3.00. The number of aromatic nitrogens is 2. The summed E-state index contributed by atoms with van der Waals surface area (Å²) in [6.07, 6.45) is 12.0. The van der Waals surface area contributed by atoms with E-state index in [-0.39, 0.29) is 48.0 Å². The molecule has 0 atom stereocenters. The second kappa shape index (κ2) is 9.63. The van der Waals surface area contributed by atoms with E-state index in [0.29, 0.717) is 0 Å². The molecule has 0 aliphatic rings. The largest absolute Gasteiger partial charge is 1.00 e. The molecule has 0 unspecified atom stereocenters. The first-order valence-corrected chi connectivity index (χ1v) is 6.12. The Bertz CT molecular complexity index is 456. The molecule has 0 spiro atoms. The maximum absolute atomic E-state index is 2.20. The van der Waals surface area contributed by atoms with Crippen molar-refractivity contribution in [1.29, 1.82) is 0 Å². The van der Waals surface area contributed by atoms with Gasteiger partial charge in [-0.25, -0.2) is 9.13 Å². The van der Waals surface area contributed by atoms with Gasteiger partial charge in [0.1, 0.15) is 14.1 Å².